The highest BCUT2D eigenvalue weighted by atomic mass is 19.4. The van der Waals surface area contributed by atoms with Crippen LogP contribution >= 0.6 is 0 Å². The lowest BCUT2D eigenvalue weighted by Crippen LogP contribution is -2.38. The van der Waals surface area contributed by atoms with E-state index in [2.05, 4.69) is 5.32 Å². The zero-order valence-corrected chi connectivity index (χ0v) is 18.4. The van der Waals surface area contributed by atoms with Crippen LogP contribution in [-0.4, -0.2) is 53.7 Å². The molecule has 0 aliphatic rings. The molecular weight excluding hydrogens is 411 g/mol. The molecule has 31 heavy (non-hydrogen) atoms. The average Bonchev–Trinajstić information content (AvgIpc) is 2.71. The molecule has 0 heterocycles. The number of carbonyl (C=O) groups excluding carboxylic acids is 3. The third kappa shape index (κ3) is 8.98. The molecule has 0 saturated heterocycles. The summed E-state index contributed by atoms with van der Waals surface area (Å²) in [4.78, 5) is 40.0. The Morgan fingerprint density at radius 1 is 0.903 bits per heavy atom. The fourth-order valence-electron chi connectivity index (χ4n) is 3.19. The zero-order valence-electron chi connectivity index (χ0n) is 18.4. The van der Waals surface area contributed by atoms with Gasteiger partial charge in [-0.3, -0.25) is 14.4 Å². The predicted molar refractivity (Wildman–Crippen MR) is 113 cm³/mol. The third-order valence-electron chi connectivity index (χ3n) is 4.70. The largest absolute Gasteiger partial charge is 0.418 e. The number of hydrogen-bond donors (Lipinski definition) is 1. The second-order valence-electron chi connectivity index (χ2n) is 7.23. The van der Waals surface area contributed by atoms with Gasteiger partial charge in [0.2, 0.25) is 17.7 Å². The molecule has 0 aliphatic heterocycles. The molecule has 0 spiro atoms. The van der Waals surface area contributed by atoms with Gasteiger partial charge in [-0.2, -0.15) is 13.2 Å². The molecule has 3 amide bonds. The minimum absolute atomic E-state index is 0.000971. The first-order chi connectivity index (χ1) is 14.6. The number of carbonyl (C=O) groups is 3. The van der Waals surface area contributed by atoms with E-state index >= 15 is 0 Å². The van der Waals surface area contributed by atoms with Gasteiger partial charge in [-0.15, -0.1) is 0 Å². The fraction of sp³-hybridized carbons (Fsp3) is 0.591. The van der Waals surface area contributed by atoms with Gasteiger partial charge in [0.25, 0.3) is 0 Å². The van der Waals surface area contributed by atoms with Crippen molar-refractivity contribution in [2.24, 2.45) is 0 Å². The first kappa shape index (κ1) is 26.5. The van der Waals surface area contributed by atoms with Crippen LogP contribution in [0.2, 0.25) is 0 Å². The van der Waals surface area contributed by atoms with Crippen molar-refractivity contribution in [1.29, 1.82) is 0 Å². The fourth-order valence-corrected chi connectivity index (χ4v) is 3.19. The highest BCUT2D eigenvalue weighted by molar-refractivity contribution is 5.95. The molecule has 0 atom stereocenters. The Balaban J connectivity index is 2.60. The van der Waals surface area contributed by atoms with E-state index in [1.54, 1.807) is 11.8 Å². The molecule has 0 radical (unpaired) electrons. The number of halogens is 3. The van der Waals surface area contributed by atoms with Crippen molar-refractivity contribution in [3.8, 4) is 0 Å². The summed E-state index contributed by atoms with van der Waals surface area (Å²) in [5.74, 6) is -1.02. The molecule has 1 aromatic rings. The molecule has 1 aromatic carbocycles. The lowest BCUT2D eigenvalue weighted by molar-refractivity contribution is -0.137. The molecule has 1 rings (SSSR count). The van der Waals surface area contributed by atoms with Gasteiger partial charge in [-0.1, -0.05) is 26.0 Å². The molecule has 0 fully saturated rings. The number of rotatable bonds is 12. The number of benzene rings is 1. The van der Waals surface area contributed by atoms with E-state index in [-0.39, 0.29) is 43.4 Å². The molecule has 1 N–H and O–H groups in total. The predicted octanol–water partition coefficient (Wildman–Crippen LogP) is 4.31. The zero-order chi connectivity index (χ0) is 23.4. The summed E-state index contributed by atoms with van der Waals surface area (Å²) in [5, 5.41) is 2.24. The number of amides is 3. The summed E-state index contributed by atoms with van der Waals surface area (Å²) in [6.07, 6.45) is -2.18. The molecule has 0 unspecified atom stereocenters. The summed E-state index contributed by atoms with van der Waals surface area (Å²) >= 11 is 0. The lowest BCUT2D eigenvalue weighted by Gasteiger charge is -2.23. The number of nitrogens with one attached hydrogen (secondary N) is 1. The molecule has 0 bridgehead atoms. The number of hydrogen-bond acceptors (Lipinski definition) is 3. The van der Waals surface area contributed by atoms with Gasteiger partial charge < -0.3 is 15.1 Å². The Bertz CT molecular complexity index is 732. The van der Waals surface area contributed by atoms with E-state index in [0.29, 0.717) is 19.5 Å². The van der Waals surface area contributed by atoms with Crippen molar-refractivity contribution >= 4 is 23.4 Å². The highest BCUT2D eigenvalue weighted by Gasteiger charge is 2.33. The van der Waals surface area contributed by atoms with E-state index in [0.717, 1.165) is 18.9 Å². The van der Waals surface area contributed by atoms with Crippen LogP contribution in [0.3, 0.4) is 0 Å². The van der Waals surface area contributed by atoms with Crippen LogP contribution in [0.15, 0.2) is 24.3 Å². The molecule has 0 saturated carbocycles. The Morgan fingerprint density at radius 2 is 1.45 bits per heavy atom. The minimum Gasteiger partial charge on any atom is -0.343 e. The van der Waals surface area contributed by atoms with Crippen molar-refractivity contribution in [2.45, 2.75) is 59.1 Å². The minimum atomic E-state index is -4.60. The molecule has 0 aromatic heterocycles. The molecule has 6 nitrogen and oxygen atoms in total. The van der Waals surface area contributed by atoms with E-state index in [4.69, 9.17) is 0 Å². The van der Waals surface area contributed by atoms with Crippen molar-refractivity contribution in [2.75, 3.05) is 31.5 Å². The van der Waals surface area contributed by atoms with Crippen LogP contribution in [0.4, 0.5) is 18.9 Å². The Kier molecular flexibility index (Phi) is 11.1. The van der Waals surface area contributed by atoms with Gasteiger partial charge >= 0.3 is 6.18 Å². The maximum Gasteiger partial charge on any atom is 0.418 e. The summed E-state index contributed by atoms with van der Waals surface area (Å²) in [5.41, 5.74) is -1.29. The first-order valence-electron chi connectivity index (χ1n) is 10.7. The topological polar surface area (TPSA) is 69.7 Å². The summed E-state index contributed by atoms with van der Waals surface area (Å²) in [6.45, 7) is 6.92. The van der Waals surface area contributed by atoms with E-state index in [1.165, 1.54) is 23.1 Å². The normalized spacial score (nSPS) is 11.2. The summed E-state index contributed by atoms with van der Waals surface area (Å²) < 4.78 is 39.2. The van der Waals surface area contributed by atoms with Crippen LogP contribution in [-0.2, 0) is 20.6 Å². The van der Waals surface area contributed by atoms with Crippen LogP contribution in [0, 0.1) is 0 Å². The third-order valence-corrected chi connectivity index (χ3v) is 4.70. The van der Waals surface area contributed by atoms with Crippen LogP contribution in [0.25, 0.3) is 0 Å². The molecular formula is C22H32F3N3O3. The molecule has 0 aliphatic carbocycles. The average molecular weight is 444 g/mol. The monoisotopic (exact) mass is 443 g/mol. The van der Waals surface area contributed by atoms with Crippen molar-refractivity contribution in [1.82, 2.24) is 9.80 Å². The van der Waals surface area contributed by atoms with Gasteiger partial charge in [-0.05, 0) is 38.3 Å². The maximum atomic E-state index is 13.1. The molecule has 174 valence electrons. The first-order valence-corrected chi connectivity index (χ1v) is 10.7. The number of nitrogens with zero attached hydrogens (tertiary/aromatic N) is 2. The maximum absolute atomic E-state index is 13.1. The van der Waals surface area contributed by atoms with Crippen LogP contribution in [0.1, 0.15) is 58.4 Å². The Hall–Kier alpha value is -2.58. The molecule has 9 heteroatoms. The van der Waals surface area contributed by atoms with E-state index < -0.39 is 17.6 Å². The number of para-hydroxylation sites is 1. The second-order valence-corrected chi connectivity index (χ2v) is 7.23. The van der Waals surface area contributed by atoms with Crippen molar-refractivity contribution < 1.29 is 27.6 Å². The van der Waals surface area contributed by atoms with Crippen molar-refractivity contribution in [3.63, 3.8) is 0 Å². The van der Waals surface area contributed by atoms with Gasteiger partial charge in [0.15, 0.2) is 0 Å². The number of alkyl halides is 3. The smallest absolute Gasteiger partial charge is 0.343 e. The van der Waals surface area contributed by atoms with Gasteiger partial charge in [0, 0.05) is 32.5 Å². The second kappa shape index (κ2) is 13.0. The SMILES string of the molecule is CCCN(CCC)C(=O)CCCC(=O)N(CC)CC(=O)Nc1ccccc1C(F)(F)F. The quantitative estimate of drug-likeness (QED) is 0.523. The summed E-state index contributed by atoms with van der Waals surface area (Å²) in [6, 6.07) is 4.69. The van der Waals surface area contributed by atoms with Crippen LogP contribution < -0.4 is 5.32 Å². The van der Waals surface area contributed by atoms with Crippen molar-refractivity contribution in [3.05, 3.63) is 29.8 Å². The highest BCUT2D eigenvalue weighted by Crippen LogP contribution is 2.34. The Labute approximate surface area is 181 Å². The van der Waals surface area contributed by atoms with Gasteiger partial charge in [0.1, 0.15) is 0 Å². The standard InChI is InChI=1S/C22H32F3N3O3/c1-4-14-28(15-5-2)21(31)13-9-12-20(30)27(6-3)16-19(29)26-18-11-8-7-10-17(18)22(23,24)25/h7-8,10-11H,4-6,9,12-16H2,1-3H3,(H,26,29). The Morgan fingerprint density at radius 3 is 1.97 bits per heavy atom. The van der Waals surface area contributed by atoms with Crippen LogP contribution in [0.5, 0.6) is 0 Å². The van der Waals surface area contributed by atoms with Gasteiger partial charge in [0.05, 0.1) is 17.8 Å². The van der Waals surface area contributed by atoms with E-state index in [1.807, 2.05) is 13.8 Å². The lowest BCUT2D eigenvalue weighted by atomic mass is 10.1. The summed E-state index contributed by atoms with van der Waals surface area (Å²) in [7, 11) is 0. The van der Waals surface area contributed by atoms with E-state index in [9.17, 15) is 27.6 Å². The van der Waals surface area contributed by atoms with Gasteiger partial charge in [-0.25, -0.2) is 0 Å². The number of anilines is 1. The number of likely N-dealkylation sites (N-methyl/N-ethyl adjacent to an activating group) is 1.